The van der Waals surface area contributed by atoms with Gasteiger partial charge in [0.15, 0.2) is 23.0 Å². The molecule has 8 nitrogen and oxygen atoms in total. The van der Waals surface area contributed by atoms with Crippen LogP contribution in [0.4, 0.5) is 0 Å². The van der Waals surface area contributed by atoms with E-state index in [0.29, 0.717) is 22.6 Å². The van der Waals surface area contributed by atoms with Gasteiger partial charge in [-0.3, -0.25) is 0 Å². The predicted molar refractivity (Wildman–Crippen MR) is 105 cm³/mol. The highest BCUT2D eigenvalue weighted by Crippen LogP contribution is 2.32. The van der Waals surface area contributed by atoms with Gasteiger partial charge in [-0.05, 0) is 41.5 Å². The third kappa shape index (κ3) is 5.87. The van der Waals surface area contributed by atoms with Crippen molar-refractivity contribution in [3.8, 4) is 23.0 Å². The topological polar surface area (TPSA) is 115 Å². The largest absolute Gasteiger partial charge is 0.504 e. The summed E-state index contributed by atoms with van der Waals surface area (Å²) in [5.41, 5.74) is 1.13. The maximum Gasteiger partial charge on any atom is 0.330 e. The lowest BCUT2D eigenvalue weighted by Gasteiger charge is -2.22. The fourth-order valence-corrected chi connectivity index (χ4v) is 2.66. The third-order valence-corrected chi connectivity index (χ3v) is 4.15. The van der Waals surface area contributed by atoms with Crippen molar-refractivity contribution in [2.75, 3.05) is 27.9 Å². The van der Waals surface area contributed by atoms with Crippen molar-refractivity contribution in [3.05, 3.63) is 53.6 Å². The van der Waals surface area contributed by atoms with E-state index in [1.807, 2.05) is 0 Å². The highest BCUT2D eigenvalue weighted by Gasteiger charge is 2.23. The zero-order chi connectivity index (χ0) is 21.4. The lowest BCUT2D eigenvalue weighted by Crippen LogP contribution is -2.26. The molecule has 2 aromatic rings. The van der Waals surface area contributed by atoms with Crippen LogP contribution in [0.5, 0.6) is 23.0 Å². The van der Waals surface area contributed by atoms with Crippen LogP contribution in [0.1, 0.15) is 17.2 Å². The van der Waals surface area contributed by atoms with Gasteiger partial charge in [0, 0.05) is 13.2 Å². The molecule has 0 amide bonds. The molecule has 29 heavy (non-hydrogen) atoms. The lowest BCUT2D eigenvalue weighted by molar-refractivity contribution is -0.143. The summed E-state index contributed by atoms with van der Waals surface area (Å²) in [6.45, 7) is -0.295. The Bertz CT molecular complexity index is 862. The smallest absolute Gasteiger partial charge is 0.330 e. The summed E-state index contributed by atoms with van der Waals surface area (Å²) >= 11 is 0. The molecule has 2 rings (SSSR count). The Kier molecular flexibility index (Phi) is 7.88. The summed E-state index contributed by atoms with van der Waals surface area (Å²) in [7, 11) is 4.46. The Balaban J connectivity index is 1.98. The minimum absolute atomic E-state index is 0.256. The van der Waals surface area contributed by atoms with Gasteiger partial charge in [0.25, 0.3) is 0 Å². The van der Waals surface area contributed by atoms with Crippen LogP contribution in [0.25, 0.3) is 6.08 Å². The number of rotatable bonds is 9. The van der Waals surface area contributed by atoms with Crippen molar-refractivity contribution >= 4 is 12.0 Å². The van der Waals surface area contributed by atoms with E-state index in [1.165, 1.54) is 45.6 Å². The van der Waals surface area contributed by atoms with Gasteiger partial charge in [-0.2, -0.15) is 0 Å². The predicted octanol–water partition coefficient (Wildman–Crippen LogP) is 2.42. The normalized spacial score (nSPS) is 13.1. The Hall–Kier alpha value is -3.23. The number of hydrogen-bond donors (Lipinski definition) is 3. The summed E-state index contributed by atoms with van der Waals surface area (Å²) < 4.78 is 20.8. The first-order valence-corrected chi connectivity index (χ1v) is 8.69. The Morgan fingerprint density at radius 1 is 1.00 bits per heavy atom. The third-order valence-electron chi connectivity index (χ3n) is 4.15. The summed E-state index contributed by atoms with van der Waals surface area (Å²) in [4.78, 5) is 11.9. The minimum Gasteiger partial charge on any atom is -0.504 e. The molecule has 0 aliphatic heterocycles. The highest BCUT2D eigenvalue weighted by atomic mass is 16.5. The number of aromatic hydroxyl groups is 2. The van der Waals surface area contributed by atoms with Gasteiger partial charge in [-0.25, -0.2) is 4.79 Å². The maximum atomic E-state index is 11.9. The Morgan fingerprint density at radius 3 is 2.34 bits per heavy atom. The monoisotopic (exact) mass is 404 g/mol. The average Bonchev–Trinajstić information content (AvgIpc) is 2.73. The molecular formula is C21H24O8. The molecule has 0 radical (unpaired) electrons. The van der Waals surface area contributed by atoms with Crippen LogP contribution >= 0.6 is 0 Å². The van der Waals surface area contributed by atoms with Crippen LogP contribution in [-0.4, -0.2) is 55.3 Å². The number of hydrogen-bond acceptors (Lipinski definition) is 8. The number of aliphatic hydroxyl groups is 1. The van der Waals surface area contributed by atoms with E-state index in [-0.39, 0.29) is 18.1 Å². The van der Waals surface area contributed by atoms with Crippen LogP contribution in [0.15, 0.2) is 42.5 Å². The fraction of sp³-hybridized carbons (Fsp3) is 0.286. The number of ether oxygens (including phenoxy) is 4. The molecule has 156 valence electrons. The van der Waals surface area contributed by atoms with E-state index in [9.17, 15) is 20.1 Å². The number of phenolic OH excluding ortho intramolecular Hbond substituents is 2. The highest BCUT2D eigenvalue weighted by molar-refractivity contribution is 5.87. The Labute approximate surface area is 168 Å². The number of aliphatic hydroxyl groups excluding tert-OH is 1. The summed E-state index contributed by atoms with van der Waals surface area (Å²) in [5.74, 6) is -0.213. The van der Waals surface area contributed by atoms with Gasteiger partial charge in [0.2, 0.25) is 0 Å². The van der Waals surface area contributed by atoms with E-state index in [2.05, 4.69) is 0 Å². The molecule has 0 saturated carbocycles. The van der Waals surface area contributed by atoms with Crippen LogP contribution in [-0.2, 0) is 14.3 Å². The van der Waals surface area contributed by atoms with E-state index >= 15 is 0 Å². The maximum absolute atomic E-state index is 11.9. The quantitative estimate of drug-likeness (QED) is 0.332. The molecule has 0 fully saturated rings. The number of methoxy groups -OCH3 is 3. The first kappa shape index (κ1) is 22.1. The van der Waals surface area contributed by atoms with Crippen molar-refractivity contribution in [3.63, 3.8) is 0 Å². The number of carbonyl (C=O) groups is 1. The van der Waals surface area contributed by atoms with Crippen LogP contribution in [0.3, 0.4) is 0 Å². The number of phenols is 2. The van der Waals surface area contributed by atoms with E-state index in [1.54, 1.807) is 18.2 Å². The van der Waals surface area contributed by atoms with Gasteiger partial charge < -0.3 is 34.3 Å². The molecule has 0 bridgehead atoms. The van der Waals surface area contributed by atoms with E-state index < -0.39 is 18.2 Å². The van der Waals surface area contributed by atoms with Crippen molar-refractivity contribution in [2.24, 2.45) is 0 Å². The molecule has 0 saturated heterocycles. The summed E-state index contributed by atoms with van der Waals surface area (Å²) in [6, 6.07) is 9.20. The standard InChI is InChI=1S/C21H24O8/c1-26-18-8-6-14(11-19(18)27-2)21(28-3)17(24)12-29-20(25)9-5-13-4-7-15(22)16(23)10-13/h4-11,17,21-24H,12H2,1-3H3. The molecular weight excluding hydrogens is 380 g/mol. The number of benzene rings is 2. The van der Waals surface area contributed by atoms with Gasteiger partial charge >= 0.3 is 5.97 Å². The molecule has 3 N–H and O–H groups in total. The summed E-state index contributed by atoms with van der Waals surface area (Å²) in [5, 5.41) is 29.1. The lowest BCUT2D eigenvalue weighted by atomic mass is 10.0. The Morgan fingerprint density at radius 2 is 1.72 bits per heavy atom. The summed E-state index contributed by atoms with van der Waals surface area (Å²) in [6.07, 6.45) is 0.695. The van der Waals surface area contributed by atoms with Crippen LogP contribution in [0, 0.1) is 0 Å². The van der Waals surface area contributed by atoms with Crippen LogP contribution < -0.4 is 9.47 Å². The second kappa shape index (κ2) is 10.4. The van der Waals surface area contributed by atoms with E-state index in [4.69, 9.17) is 18.9 Å². The zero-order valence-electron chi connectivity index (χ0n) is 16.4. The molecule has 2 aromatic carbocycles. The fourth-order valence-electron chi connectivity index (χ4n) is 2.66. The van der Waals surface area contributed by atoms with Crippen molar-refractivity contribution in [1.29, 1.82) is 0 Å². The van der Waals surface area contributed by atoms with Crippen molar-refractivity contribution in [2.45, 2.75) is 12.2 Å². The first-order chi connectivity index (χ1) is 13.9. The molecule has 8 heteroatoms. The van der Waals surface area contributed by atoms with Crippen molar-refractivity contribution in [1.82, 2.24) is 0 Å². The van der Waals surface area contributed by atoms with Crippen LogP contribution in [0.2, 0.25) is 0 Å². The van der Waals surface area contributed by atoms with Gasteiger partial charge in [-0.15, -0.1) is 0 Å². The minimum atomic E-state index is -1.12. The SMILES string of the molecule is COc1ccc(C(OC)C(O)COC(=O)C=Cc2ccc(O)c(O)c2)cc1OC. The van der Waals surface area contributed by atoms with Gasteiger partial charge in [-0.1, -0.05) is 12.1 Å². The molecule has 0 heterocycles. The molecule has 0 aromatic heterocycles. The molecule has 0 aliphatic carbocycles. The number of carbonyl (C=O) groups excluding carboxylic acids is 1. The van der Waals surface area contributed by atoms with Gasteiger partial charge in [0.05, 0.1) is 14.2 Å². The van der Waals surface area contributed by atoms with E-state index in [0.717, 1.165) is 6.08 Å². The van der Waals surface area contributed by atoms with Crippen molar-refractivity contribution < 1.29 is 39.1 Å². The molecule has 0 spiro atoms. The molecule has 2 atom stereocenters. The molecule has 0 aliphatic rings. The first-order valence-electron chi connectivity index (χ1n) is 8.69. The average molecular weight is 404 g/mol. The molecule has 2 unspecified atom stereocenters. The second-order valence-corrected chi connectivity index (χ2v) is 6.05. The van der Waals surface area contributed by atoms with Gasteiger partial charge in [0.1, 0.15) is 18.8 Å². The zero-order valence-corrected chi connectivity index (χ0v) is 16.4. The number of esters is 1. The second-order valence-electron chi connectivity index (χ2n) is 6.05.